The lowest BCUT2D eigenvalue weighted by Crippen LogP contribution is -2.59. The second-order valence-corrected chi connectivity index (χ2v) is 15.1. The molecule has 0 unspecified atom stereocenters. The molecule has 330 valence electrons. The summed E-state index contributed by atoms with van der Waals surface area (Å²) in [5.41, 5.74) is 20.9. The van der Waals surface area contributed by atoms with Crippen LogP contribution in [0.2, 0.25) is 0 Å². The van der Waals surface area contributed by atoms with Crippen molar-refractivity contribution in [1.82, 2.24) is 41.9 Å². The van der Waals surface area contributed by atoms with Gasteiger partial charge in [-0.15, -0.1) is 0 Å². The molecule has 0 saturated carbocycles. The Morgan fingerprint density at radius 1 is 0.729 bits per heavy atom. The maximum absolute atomic E-state index is 13.7. The molecule has 1 heterocycles. The highest BCUT2D eigenvalue weighted by atomic mass is 19.4. The predicted octanol–water partition coefficient (Wildman–Crippen LogP) is 1.53. The number of carbonyl (C=O) groups excluding carboxylic acids is 5. The normalized spacial score (nSPS) is 18.9. The van der Waals surface area contributed by atoms with E-state index in [0.29, 0.717) is 64.7 Å². The third kappa shape index (κ3) is 19.6. The zero-order valence-corrected chi connectivity index (χ0v) is 34.3. The van der Waals surface area contributed by atoms with E-state index in [1.807, 2.05) is 70.2 Å². The minimum Gasteiger partial charge on any atom is -0.475 e. The number of fused-ring (bicyclic) bond motifs is 1. The molecule has 2 aromatic carbocycles. The minimum atomic E-state index is -5.08. The molecule has 59 heavy (non-hydrogen) atoms. The van der Waals surface area contributed by atoms with E-state index in [2.05, 4.69) is 26.9 Å². The Balaban J connectivity index is 0.00000157. The topological polar surface area (TPSA) is 245 Å². The molecule has 20 heteroatoms. The van der Waals surface area contributed by atoms with Gasteiger partial charge in [0.15, 0.2) is 0 Å². The van der Waals surface area contributed by atoms with Crippen LogP contribution in [0.15, 0.2) is 42.5 Å². The van der Waals surface area contributed by atoms with Crippen molar-refractivity contribution in [2.45, 2.75) is 91.0 Å². The highest BCUT2D eigenvalue weighted by Gasteiger charge is 2.38. The number of alkyl halides is 3. The number of aliphatic carboxylic acids is 1. The Kier molecular flexibility index (Phi) is 21.8. The molecule has 0 aliphatic carbocycles. The van der Waals surface area contributed by atoms with Crippen molar-refractivity contribution < 1.29 is 47.0 Å². The number of carbonyl (C=O) groups is 6. The molecular weight excluding hydrogens is 777 g/mol. The summed E-state index contributed by atoms with van der Waals surface area (Å²) < 4.78 is 31.7. The molecule has 1 aliphatic rings. The Morgan fingerprint density at radius 3 is 1.88 bits per heavy atom. The molecule has 5 amide bonds. The van der Waals surface area contributed by atoms with Crippen molar-refractivity contribution in [3.05, 3.63) is 48.0 Å². The molecule has 0 bridgehead atoms. The summed E-state index contributed by atoms with van der Waals surface area (Å²) in [4.78, 5) is 77.1. The van der Waals surface area contributed by atoms with Gasteiger partial charge in [-0.05, 0) is 79.8 Å². The number of unbranched alkanes of at least 4 members (excludes halogenated alkanes) is 2. The van der Waals surface area contributed by atoms with Gasteiger partial charge < -0.3 is 27.2 Å². The highest BCUT2D eigenvalue weighted by molar-refractivity contribution is 5.90. The van der Waals surface area contributed by atoms with Gasteiger partial charge in [0, 0.05) is 19.6 Å². The molecule has 0 radical (unpaired) electrons. The molecule has 2 atom stereocenters. The molecule has 2 aromatic rings. The van der Waals surface area contributed by atoms with Crippen LogP contribution < -0.4 is 38.4 Å². The molecule has 17 nitrogen and oxygen atoms in total. The highest BCUT2D eigenvalue weighted by Crippen LogP contribution is 2.20. The number of halogens is 3. The molecule has 0 spiro atoms. The smallest absolute Gasteiger partial charge is 0.475 e. The second kappa shape index (κ2) is 25.6. The largest absolute Gasteiger partial charge is 0.490 e. The van der Waals surface area contributed by atoms with Crippen molar-refractivity contribution in [2.75, 3.05) is 45.8 Å². The first-order chi connectivity index (χ1) is 27.8. The van der Waals surface area contributed by atoms with Gasteiger partial charge in [0.05, 0.1) is 19.6 Å². The van der Waals surface area contributed by atoms with E-state index in [1.165, 1.54) is 15.0 Å². The van der Waals surface area contributed by atoms with E-state index in [0.717, 1.165) is 16.3 Å². The fourth-order valence-corrected chi connectivity index (χ4v) is 6.13. The van der Waals surface area contributed by atoms with Crippen molar-refractivity contribution in [3.63, 3.8) is 0 Å². The number of rotatable bonds is 14. The van der Waals surface area contributed by atoms with Crippen LogP contribution in [-0.2, 0) is 35.3 Å². The summed E-state index contributed by atoms with van der Waals surface area (Å²) >= 11 is 0. The van der Waals surface area contributed by atoms with Gasteiger partial charge in [-0.2, -0.15) is 13.2 Å². The van der Waals surface area contributed by atoms with Crippen LogP contribution in [0.4, 0.5) is 13.2 Å². The van der Waals surface area contributed by atoms with Gasteiger partial charge in [0.25, 0.3) is 11.8 Å². The molecular formula is C39H61F3N10O7. The molecule has 0 aromatic heterocycles. The van der Waals surface area contributed by atoms with E-state index in [1.54, 1.807) is 0 Å². The summed E-state index contributed by atoms with van der Waals surface area (Å²) in [6.07, 6.45) is -1.90. The summed E-state index contributed by atoms with van der Waals surface area (Å²) in [6, 6.07) is 11.9. The van der Waals surface area contributed by atoms with Gasteiger partial charge in [-0.25, -0.2) is 19.8 Å². The Labute approximate surface area is 343 Å². The van der Waals surface area contributed by atoms with Crippen LogP contribution in [0.1, 0.15) is 71.8 Å². The average molecular weight is 839 g/mol. The number of benzene rings is 2. The Bertz CT molecular complexity index is 1680. The zero-order valence-electron chi connectivity index (χ0n) is 34.3. The number of carboxylic acid groups (broad SMARTS) is 1. The number of carboxylic acids is 1. The molecule has 1 saturated heterocycles. The Hall–Kier alpha value is -4.89. The first kappa shape index (κ1) is 50.3. The second-order valence-electron chi connectivity index (χ2n) is 15.1. The third-order valence-corrected chi connectivity index (χ3v) is 8.73. The predicted molar refractivity (Wildman–Crippen MR) is 215 cm³/mol. The number of amides is 5. The molecule has 10 N–H and O–H groups in total. The number of hydrazine groups is 3. The Morgan fingerprint density at radius 2 is 1.27 bits per heavy atom. The fraction of sp³-hybridized carbons (Fsp3) is 0.590. The minimum absolute atomic E-state index is 0.0663. The van der Waals surface area contributed by atoms with Crippen LogP contribution in [0.5, 0.6) is 0 Å². The fourth-order valence-electron chi connectivity index (χ4n) is 6.13. The lowest BCUT2D eigenvalue weighted by atomic mass is 10.0. The maximum atomic E-state index is 13.7. The summed E-state index contributed by atoms with van der Waals surface area (Å²) in [7, 11) is 0. The number of nitrogens with zero attached hydrogens (tertiary/aromatic N) is 3. The van der Waals surface area contributed by atoms with E-state index in [4.69, 9.17) is 21.4 Å². The maximum Gasteiger partial charge on any atom is 0.490 e. The van der Waals surface area contributed by atoms with Crippen LogP contribution >= 0.6 is 0 Å². The number of hydrogen-bond acceptors (Lipinski definition) is 11. The van der Waals surface area contributed by atoms with Gasteiger partial charge >= 0.3 is 12.1 Å². The van der Waals surface area contributed by atoms with Crippen LogP contribution in [0.25, 0.3) is 10.8 Å². The van der Waals surface area contributed by atoms with Crippen molar-refractivity contribution in [3.8, 4) is 0 Å². The van der Waals surface area contributed by atoms with E-state index in [9.17, 15) is 37.1 Å². The lowest BCUT2D eigenvalue weighted by Gasteiger charge is -2.31. The van der Waals surface area contributed by atoms with Gasteiger partial charge in [0.1, 0.15) is 12.1 Å². The standard InChI is InChI=1S/C37H60N10O5.C2HF3O2/c1-26(2)20-32-37(52)44-46(21-27(3)4)25-35(50)42-47(22-29-14-11-13-28-12-5-6-15-30(28)29)24-34(49)40-31(16-7-8-17-38)36(51)43-45(19-10-9-18-39)23-33(48)41-32;3-2(4,5)1(6)7/h5-6,11-15,26-27,31-32H,7-10,16-25,38-39H2,1-4H3,(H,40,49)(H,41,48)(H,42,50)(H,43,51)(H,44,52);(H,6,7)/t31-,32-;/m0./s1. The lowest BCUT2D eigenvalue weighted by molar-refractivity contribution is -0.192. The quantitative estimate of drug-likeness (QED) is 0.126. The van der Waals surface area contributed by atoms with Crippen molar-refractivity contribution in [2.24, 2.45) is 23.3 Å². The summed E-state index contributed by atoms with van der Waals surface area (Å²) in [5.74, 6) is -4.95. The van der Waals surface area contributed by atoms with E-state index < -0.39 is 53.8 Å². The summed E-state index contributed by atoms with van der Waals surface area (Å²) in [5, 5.41) is 19.4. The van der Waals surface area contributed by atoms with Crippen molar-refractivity contribution >= 4 is 46.3 Å². The van der Waals surface area contributed by atoms with Crippen molar-refractivity contribution in [1.29, 1.82) is 0 Å². The number of nitrogens with one attached hydrogen (secondary N) is 5. The average Bonchev–Trinajstić information content (AvgIpc) is 3.13. The number of hydrogen-bond donors (Lipinski definition) is 8. The van der Waals surface area contributed by atoms with Crippen LogP contribution in [0, 0.1) is 11.8 Å². The number of nitrogens with two attached hydrogens (primary N) is 2. The SMILES string of the molecule is CC(C)C[C@@H]1NC(=O)CN(CCCCN)NC(=O)[C@H](CCCCN)NC(=O)CN(Cc2cccc3ccccc23)NC(=O)CN(CC(C)C)NC1=O.O=C(O)C(F)(F)F. The van der Waals surface area contributed by atoms with E-state index in [-0.39, 0.29) is 38.0 Å². The van der Waals surface area contributed by atoms with E-state index >= 15 is 0 Å². The van der Waals surface area contributed by atoms with Gasteiger partial charge in [-0.1, -0.05) is 70.2 Å². The van der Waals surface area contributed by atoms with Crippen LogP contribution in [-0.4, -0.2) is 120 Å². The van der Waals surface area contributed by atoms with Gasteiger partial charge in [-0.3, -0.25) is 40.3 Å². The first-order valence-corrected chi connectivity index (χ1v) is 19.7. The third-order valence-electron chi connectivity index (χ3n) is 8.73. The van der Waals surface area contributed by atoms with Gasteiger partial charge in [0.2, 0.25) is 17.7 Å². The molecule has 3 rings (SSSR count). The summed E-state index contributed by atoms with van der Waals surface area (Å²) in [6.45, 7) is 8.90. The molecule has 1 aliphatic heterocycles. The molecule has 1 fully saturated rings. The van der Waals surface area contributed by atoms with Crippen LogP contribution in [0.3, 0.4) is 0 Å². The monoisotopic (exact) mass is 838 g/mol. The first-order valence-electron chi connectivity index (χ1n) is 19.7. The zero-order chi connectivity index (χ0) is 44.1.